The lowest BCUT2D eigenvalue weighted by atomic mass is 10.2. The highest BCUT2D eigenvalue weighted by Gasteiger charge is 2.12. The third kappa shape index (κ3) is 2.12. The zero-order valence-electron chi connectivity index (χ0n) is 6.43. The molecule has 0 bridgehead atoms. The van der Waals surface area contributed by atoms with Gasteiger partial charge in [-0.2, -0.15) is 0 Å². The van der Waals surface area contributed by atoms with Gasteiger partial charge in [0, 0.05) is 11.8 Å². The third-order valence-corrected chi connectivity index (χ3v) is 1.52. The van der Waals surface area contributed by atoms with Crippen LogP contribution >= 0.6 is 12.2 Å². The fourth-order valence-electron chi connectivity index (χ4n) is 0.827. The normalized spacial score (nSPS) is 9.23. The van der Waals surface area contributed by atoms with E-state index in [0.29, 0.717) is 5.69 Å². The molecule has 68 valence electrons. The van der Waals surface area contributed by atoms with Crippen molar-refractivity contribution in [1.82, 2.24) is 0 Å². The van der Waals surface area contributed by atoms with Crippen LogP contribution in [0, 0.1) is 10.1 Å². The van der Waals surface area contributed by atoms with Gasteiger partial charge in [-0.3, -0.25) is 10.1 Å². The van der Waals surface area contributed by atoms with Gasteiger partial charge in [-0.15, -0.1) is 0 Å². The first-order valence-electron chi connectivity index (χ1n) is 3.32. The molecule has 1 rings (SSSR count). The molecule has 6 heteroatoms. The molecular formula is C7H6N2O3S. The Kier molecular flexibility index (Phi) is 2.76. The van der Waals surface area contributed by atoms with Crippen molar-refractivity contribution in [3.05, 3.63) is 28.3 Å². The number of nitrogens with one attached hydrogen (secondary N) is 1. The lowest BCUT2D eigenvalue weighted by molar-refractivity contribution is -0.385. The molecule has 0 aromatic heterocycles. The molecule has 0 atom stereocenters. The van der Waals surface area contributed by atoms with Crippen LogP contribution in [0.15, 0.2) is 18.2 Å². The molecule has 0 spiro atoms. The lowest BCUT2D eigenvalue weighted by Gasteiger charge is -2.00. The number of hydrogen-bond acceptors (Lipinski definition) is 4. The van der Waals surface area contributed by atoms with Crippen molar-refractivity contribution < 1.29 is 10.0 Å². The highest BCUT2D eigenvalue weighted by Crippen LogP contribution is 2.28. The Labute approximate surface area is 79.2 Å². The van der Waals surface area contributed by atoms with Crippen molar-refractivity contribution >= 4 is 29.1 Å². The second-order valence-electron chi connectivity index (χ2n) is 2.22. The number of rotatable bonds is 3. The number of benzene rings is 1. The molecular weight excluding hydrogens is 192 g/mol. The Morgan fingerprint density at radius 1 is 1.62 bits per heavy atom. The quantitative estimate of drug-likeness (QED) is 0.334. The van der Waals surface area contributed by atoms with Crippen molar-refractivity contribution in [2.45, 2.75) is 0 Å². The van der Waals surface area contributed by atoms with E-state index in [-0.39, 0.29) is 11.4 Å². The van der Waals surface area contributed by atoms with Crippen LogP contribution in [0.3, 0.4) is 0 Å². The number of nitro benzene ring substituents is 1. The first-order valence-corrected chi connectivity index (χ1v) is 3.80. The van der Waals surface area contributed by atoms with Crippen LogP contribution in [-0.4, -0.2) is 15.5 Å². The zero-order chi connectivity index (χ0) is 9.84. The molecule has 0 aliphatic carbocycles. The maximum absolute atomic E-state index is 10.4. The summed E-state index contributed by atoms with van der Waals surface area (Å²) in [6, 6.07) is 3.93. The molecule has 0 fully saturated rings. The van der Waals surface area contributed by atoms with Gasteiger partial charge in [0.15, 0.2) is 5.75 Å². The molecule has 0 unspecified atom stereocenters. The van der Waals surface area contributed by atoms with E-state index in [1.165, 1.54) is 23.7 Å². The number of phenolic OH excluding ortho intramolecular Hbond substituents is 1. The minimum absolute atomic E-state index is 0.346. The molecule has 0 aliphatic rings. The molecule has 0 heterocycles. The van der Waals surface area contributed by atoms with E-state index in [0.717, 1.165) is 0 Å². The predicted molar refractivity (Wildman–Crippen MR) is 52.0 cm³/mol. The highest BCUT2D eigenvalue weighted by atomic mass is 32.1. The van der Waals surface area contributed by atoms with Crippen molar-refractivity contribution in [2.75, 3.05) is 5.32 Å². The molecule has 0 saturated heterocycles. The van der Waals surface area contributed by atoms with E-state index in [1.54, 1.807) is 0 Å². The van der Waals surface area contributed by atoms with E-state index >= 15 is 0 Å². The van der Waals surface area contributed by atoms with E-state index < -0.39 is 4.92 Å². The fourth-order valence-corrected chi connectivity index (χ4v) is 0.964. The maximum Gasteiger partial charge on any atom is 0.312 e. The number of nitro groups is 1. The van der Waals surface area contributed by atoms with Gasteiger partial charge in [-0.05, 0) is 12.1 Å². The Morgan fingerprint density at radius 3 is 2.85 bits per heavy atom. The highest BCUT2D eigenvalue weighted by molar-refractivity contribution is 7.79. The smallest absolute Gasteiger partial charge is 0.312 e. The summed E-state index contributed by atoms with van der Waals surface area (Å²) in [6.45, 7) is 0. The lowest BCUT2D eigenvalue weighted by Crippen LogP contribution is -1.94. The van der Waals surface area contributed by atoms with Gasteiger partial charge in [0.25, 0.3) is 0 Å². The number of nitrogens with zero attached hydrogens (tertiary/aromatic N) is 1. The molecule has 1 aromatic rings. The van der Waals surface area contributed by atoms with Crippen LogP contribution < -0.4 is 5.32 Å². The van der Waals surface area contributed by atoms with Crippen LogP contribution in [0.5, 0.6) is 5.75 Å². The average Bonchev–Trinajstić information content (AvgIpc) is 2.08. The number of hydrogen-bond donors (Lipinski definition) is 2. The third-order valence-electron chi connectivity index (χ3n) is 1.40. The minimum atomic E-state index is -0.663. The van der Waals surface area contributed by atoms with E-state index in [9.17, 15) is 10.1 Å². The summed E-state index contributed by atoms with van der Waals surface area (Å²) in [5.74, 6) is -0.361. The van der Waals surface area contributed by atoms with Gasteiger partial charge < -0.3 is 10.4 Å². The standard InChI is InChI=1S/C7H6N2O3S/c10-7-2-1-5(8-4-13)3-6(7)9(11)12/h1-4,10H,(H,8,13). The summed E-state index contributed by atoms with van der Waals surface area (Å²) in [5.41, 5.74) is 1.36. The van der Waals surface area contributed by atoms with Crippen LogP contribution in [-0.2, 0) is 0 Å². The SMILES string of the molecule is O=[N+]([O-])c1cc(NC=S)ccc1O. The summed E-state index contributed by atoms with van der Waals surface area (Å²) in [6.07, 6.45) is 0. The average molecular weight is 198 g/mol. The number of thiocarbonyl (C=S) groups is 1. The molecule has 2 N–H and O–H groups in total. The Bertz CT molecular complexity index is 354. The summed E-state index contributed by atoms with van der Waals surface area (Å²) in [7, 11) is 0. The first kappa shape index (κ1) is 9.40. The van der Waals surface area contributed by atoms with Crippen LogP contribution in [0.1, 0.15) is 0 Å². The van der Waals surface area contributed by atoms with Crippen molar-refractivity contribution in [2.24, 2.45) is 0 Å². The van der Waals surface area contributed by atoms with E-state index in [1.807, 2.05) is 0 Å². The van der Waals surface area contributed by atoms with Crippen molar-refractivity contribution in [3.8, 4) is 5.75 Å². The fraction of sp³-hybridized carbons (Fsp3) is 0. The van der Waals surface area contributed by atoms with Gasteiger partial charge in [-0.1, -0.05) is 12.2 Å². The van der Waals surface area contributed by atoms with Gasteiger partial charge >= 0.3 is 5.69 Å². The molecule has 0 aliphatic heterocycles. The Hall–Kier alpha value is -1.69. The second-order valence-corrected chi connectivity index (χ2v) is 2.46. The second kappa shape index (κ2) is 3.81. The monoisotopic (exact) mass is 198 g/mol. The molecule has 5 nitrogen and oxygen atoms in total. The predicted octanol–water partition coefficient (Wildman–Crippen LogP) is 1.67. The molecule has 13 heavy (non-hydrogen) atoms. The maximum atomic E-state index is 10.4. The van der Waals surface area contributed by atoms with Crippen molar-refractivity contribution in [1.29, 1.82) is 0 Å². The minimum Gasteiger partial charge on any atom is -0.502 e. The number of aromatic hydroxyl groups is 1. The van der Waals surface area contributed by atoms with Crippen LogP contribution in [0.4, 0.5) is 11.4 Å². The number of phenols is 1. The van der Waals surface area contributed by atoms with Gasteiger partial charge in [0.1, 0.15) is 0 Å². The Balaban J connectivity index is 3.10. The summed E-state index contributed by atoms with van der Waals surface area (Å²) in [5, 5.41) is 22.0. The topological polar surface area (TPSA) is 75.4 Å². The Morgan fingerprint density at radius 2 is 2.31 bits per heavy atom. The van der Waals surface area contributed by atoms with E-state index in [2.05, 4.69) is 17.5 Å². The molecule has 0 saturated carbocycles. The van der Waals surface area contributed by atoms with Crippen molar-refractivity contribution in [3.63, 3.8) is 0 Å². The van der Waals surface area contributed by atoms with Gasteiger partial charge in [0.05, 0.1) is 10.4 Å². The summed E-state index contributed by atoms with van der Waals surface area (Å²) < 4.78 is 0. The van der Waals surface area contributed by atoms with Gasteiger partial charge in [-0.25, -0.2) is 0 Å². The molecule has 0 amide bonds. The summed E-state index contributed by atoms with van der Waals surface area (Å²) in [4.78, 5) is 9.70. The van der Waals surface area contributed by atoms with Crippen LogP contribution in [0.2, 0.25) is 0 Å². The van der Waals surface area contributed by atoms with Gasteiger partial charge in [0.2, 0.25) is 0 Å². The zero-order valence-corrected chi connectivity index (χ0v) is 7.25. The van der Waals surface area contributed by atoms with Crippen LogP contribution in [0.25, 0.3) is 0 Å². The molecule has 0 radical (unpaired) electrons. The van der Waals surface area contributed by atoms with E-state index in [4.69, 9.17) is 5.11 Å². The molecule has 1 aromatic carbocycles. The summed E-state index contributed by atoms with van der Waals surface area (Å²) >= 11 is 4.51. The number of anilines is 1. The first-order chi connectivity index (χ1) is 6.15. The largest absolute Gasteiger partial charge is 0.502 e.